The maximum Gasteiger partial charge on any atom is 0.304 e. The quantitative estimate of drug-likeness (QED) is 0.762. The molecule has 0 aliphatic heterocycles. The molecule has 0 aliphatic carbocycles. The minimum absolute atomic E-state index is 0.465. The molecule has 0 radical (unpaired) electrons. The molecule has 3 nitrogen and oxygen atoms in total. The number of nitriles is 1. The normalized spacial score (nSPS) is 11.5. The van der Waals surface area contributed by atoms with Crippen molar-refractivity contribution in [2.75, 3.05) is 0 Å². The van der Waals surface area contributed by atoms with Crippen molar-refractivity contribution >= 4 is 21.9 Å². The lowest BCUT2D eigenvalue weighted by molar-refractivity contribution is -0.144. The molecular formula is C10H8BrNO2. The second-order valence-electron chi connectivity index (χ2n) is 2.64. The average Bonchev–Trinajstić information content (AvgIpc) is 2.15. The molecule has 0 saturated carbocycles. The third-order valence-corrected chi connectivity index (χ3v) is 2.31. The van der Waals surface area contributed by atoms with E-state index >= 15 is 0 Å². The van der Waals surface area contributed by atoms with Gasteiger partial charge in [0.1, 0.15) is 6.07 Å². The number of ether oxygens (including phenoxy) is 1. The maximum atomic E-state index is 10.7. The second-order valence-corrected chi connectivity index (χ2v) is 3.49. The zero-order valence-electron chi connectivity index (χ0n) is 7.53. The van der Waals surface area contributed by atoms with Crippen LogP contribution < -0.4 is 0 Å². The molecule has 0 bridgehead atoms. The molecule has 0 saturated heterocycles. The highest BCUT2D eigenvalue weighted by Crippen LogP contribution is 2.25. The van der Waals surface area contributed by atoms with Crippen molar-refractivity contribution in [2.24, 2.45) is 0 Å². The van der Waals surface area contributed by atoms with Crippen molar-refractivity contribution in [2.45, 2.75) is 13.0 Å². The third kappa shape index (κ3) is 2.57. The Balaban J connectivity index is 2.96. The van der Waals surface area contributed by atoms with E-state index in [1.165, 1.54) is 6.92 Å². The summed E-state index contributed by atoms with van der Waals surface area (Å²) in [5.74, 6) is -0.465. The summed E-state index contributed by atoms with van der Waals surface area (Å²) in [7, 11) is 0. The standard InChI is InChI=1S/C10H8BrNO2/c1-7(13)14-10(6-12)8-4-2-3-5-9(8)11/h2-5,10H,1H3/t10-/m0/s1. The fourth-order valence-electron chi connectivity index (χ4n) is 1.01. The van der Waals surface area contributed by atoms with Gasteiger partial charge in [-0.3, -0.25) is 4.79 Å². The number of nitrogens with zero attached hydrogens (tertiary/aromatic N) is 1. The minimum Gasteiger partial charge on any atom is -0.442 e. The summed E-state index contributed by atoms with van der Waals surface area (Å²) in [6.45, 7) is 1.28. The van der Waals surface area contributed by atoms with E-state index in [2.05, 4.69) is 15.9 Å². The smallest absolute Gasteiger partial charge is 0.304 e. The van der Waals surface area contributed by atoms with Crippen LogP contribution in [0.5, 0.6) is 0 Å². The molecule has 1 aromatic carbocycles. The second kappa shape index (κ2) is 4.77. The van der Waals surface area contributed by atoms with E-state index in [4.69, 9.17) is 10.00 Å². The van der Waals surface area contributed by atoms with E-state index in [0.29, 0.717) is 5.56 Å². The lowest BCUT2D eigenvalue weighted by Gasteiger charge is -2.10. The van der Waals surface area contributed by atoms with Crippen molar-refractivity contribution in [1.29, 1.82) is 5.26 Å². The van der Waals surface area contributed by atoms with Crippen LogP contribution in [0, 0.1) is 11.3 Å². The van der Waals surface area contributed by atoms with E-state index in [-0.39, 0.29) is 0 Å². The topological polar surface area (TPSA) is 50.1 Å². The number of carbonyl (C=O) groups is 1. The van der Waals surface area contributed by atoms with Gasteiger partial charge in [-0.1, -0.05) is 34.1 Å². The van der Waals surface area contributed by atoms with Gasteiger partial charge in [-0.2, -0.15) is 5.26 Å². The van der Waals surface area contributed by atoms with Gasteiger partial charge in [0.15, 0.2) is 0 Å². The first-order valence-electron chi connectivity index (χ1n) is 3.96. The highest BCUT2D eigenvalue weighted by Gasteiger charge is 2.15. The van der Waals surface area contributed by atoms with Crippen LogP contribution in [0.1, 0.15) is 18.6 Å². The molecule has 0 N–H and O–H groups in total. The number of rotatable bonds is 2. The summed E-state index contributed by atoms with van der Waals surface area (Å²) in [6.07, 6.45) is -0.844. The molecule has 4 heteroatoms. The zero-order chi connectivity index (χ0) is 10.6. The van der Waals surface area contributed by atoms with Gasteiger partial charge < -0.3 is 4.74 Å². The van der Waals surface area contributed by atoms with Gasteiger partial charge in [-0.15, -0.1) is 0 Å². The largest absolute Gasteiger partial charge is 0.442 e. The third-order valence-electron chi connectivity index (χ3n) is 1.59. The fourth-order valence-corrected chi connectivity index (χ4v) is 1.51. The molecule has 0 aromatic heterocycles. The summed E-state index contributed by atoms with van der Waals surface area (Å²) in [5.41, 5.74) is 0.658. The highest BCUT2D eigenvalue weighted by molar-refractivity contribution is 9.10. The van der Waals surface area contributed by atoms with Crippen LogP contribution >= 0.6 is 15.9 Å². The van der Waals surface area contributed by atoms with Gasteiger partial charge in [0.2, 0.25) is 6.10 Å². The highest BCUT2D eigenvalue weighted by atomic mass is 79.9. The van der Waals surface area contributed by atoms with Gasteiger partial charge in [0.25, 0.3) is 0 Å². The minimum atomic E-state index is -0.844. The Morgan fingerprint density at radius 2 is 2.21 bits per heavy atom. The Kier molecular flexibility index (Phi) is 3.66. The van der Waals surface area contributed by atoms with E-state index in [9.17, 15) is 4.79 Å². The molecule has 14 heavy (non-hydrogen) atoms. The van der Waals surface area contributed by atoms with Crippen molar-refractivity contribution in [3.63, 3.8) is 0 Å². The summed E-state index contributed by atoms with van der Waals surface area (Å²) in [4.78, 5) is 10.7. The van der Waals surface area contributed by atoms with Crippen LogP contribution in [0.15, 0.2) is 28.7 Å². The fraction of sp³-hybridized carbons (Fsp3) is 0.200. The monoisotopic (exact) mass is 253 g/mol. The predicted octanol–water partition coefficient (Wildman–Crippen LogP) is 2.58. The Hall–Kier alpha value is -1.34. The van der Waals surface area contributed by atoms with Crippen molar-refractivity contribution in [3.8, 4) is 6.07 Å². The Bertz CT molecular complexity index is 384. The average molecular weight is 254 g/mol. The number of hydrogen-bond acceptors (Lipinski definition) is 3. The molecular weight excluding hydrogens is 246 g/mol. The van der Waals surface area contributed by atoms with E-state index in [1.807, 2.05) is 12.1 Å². The Morgan fingerprint density at radius 1 is 1.57 bits per heavy atom. The van der Waals surface area contributed by atoms with Gasteiger partial charge in [0.05, 0.1) is 0 Å². The number of benzene rings is 1. The number of halogens is 1. The van der Waals surface area contributed by atoms with Crippen molar-refractivity contribution in [3.05, 3.63) is 34.3 Å². The molecule has 0 amide bonds. The Labute approximate surface area is 90.4 Å². The van der Waals surface area contributed by atoms with Crippen molar-refractivity contribution < 1.29 is 9.53 Å². The maximum absolute atomic E-state index is 10.7. The van der Waals surface area contributed by atoms with Crippen LogP contribution in [0.2, 0.25) is 0 Å². The van der Waals surface area contributed by atoms with Gasteiger partial charge in [0, 0.05) is 17.0 Å². The summed E-state index contributed by atoms with van der Waals surface area (Å²) in [6, 6.07) is 9.06. The molecule has 0 fully saturated rings. The van der Waals surface area contributed by atoms with Crippen LogP contribution in [0.3, 0.4) is 0 Å². The van der Waals surface area contributed by atoms with Crippen molar-refractivity contribution in [1.82, 2.24) is 0 Å². The van der Waals surface area contributed by atoms with E-state index < -0.39 is 12.1 Å². The molecule has 0 unspecified atom stereocenters. The molecule has 0 spiro atoms. The first-order chi connectivity index (χ1) is 6.65. The molecule has 1 rings (SSSR count). The molecule has 1 atom stereocenters. The molecule has 72 valence electrons. The van der Waals surface area contributed by atoms with E-state index in [0.717, 1.165) is 4.47 Å². The zero-order valence-corrected chi connectivity index (χ0v) is 9.11. The van der Waals surface area contributed by atoms with Gasteiger partial charge in [-0.25, -0.2) is 0 Å². The Morgan fingerprint density at radius 3 is 2.71 bits per heavy atom. The van der Waals surface area contributed by atoms with E-state index in [1.54, 1.807) is 18.2 Å². The van der Waals surface area contributed by atoms with Gasteiger partial charge >= 0.3 is 5.97 Å². The molecule has 0 aliphatic rings. The molecule has 0 heterocycles. The lowest BCUT2D eigenvalue weighted by Crippen LogP contribution is -2.06. The number of carbonyl (C=O) groups excluding carboxylic acids is 1. The van der Waals surface area contributed by atoms with Gasteiger partial charge in [-0.05, 0) is 6.07 Å². The SMILES string of the molecule is CC(=O)O[C@@H](C#N)c1ccccc1Br. The number of hydrogen-bond donors (Lipinski definition) is 0. The van der Waals surface area contributed by atoms with Crippen LogP contribution in [0.4, 0.5) is 0 Å². The summed E-state index contributed by atoms with van der Waals surface area (Å²) >= 11 is 3.29. The van der Waals surface area contributed by atoms with Crippen LogP contribution in [0.25, 0.3) is 0 Å². The predicted molar refractivity (Wildman–Crippen MR) is 54.3 cm³/mol. The first kappa shape index (κ1) is 10.7. The van der Waals surface area contributed by atoms with Crippen LogP contribution in [-0.2, 0) is 9.53 Å². The first-order valence-corrected chi connectivity index (χ1v) is 4.75. The summed E-state index contributed by atoms with van der Waals surface area (Å²) < 4.78 is 5.59. The summed E-state index contributed by atoms with van der Waals surface area (Å²) in [5, 5.41) is 8.80. The molecule has 1 aromatic rings. The number of esters is 1. The lowest BCUT2D eigenvalue weighted by atomic mass is 10.1. The van der Waals surface area contributed by atoms with Crippen LogP contribution in [-0.4, -0.2) is 5.97 Å².